The van der Waals surface area contributed by atoms with Crippen molar-refractivity contribution in [2.24, 2.45) is 0 Å². The minimum Gasteiger partial charge on any atom is -0.490 e. The third kappa shape index (κ3) is 5.50. The summed E-state index contributed by atoms with van der Waals surface area (Å²) in [4.78, 5) is 19.8. The second-order valence-electron chi connectivity index (χ2n) is 7.82. The van der Waals surface area contributed by atoms with Crippen LogP contribution < -0.4 is 4.74 Å². The molecule has 3 rings (SSSR count). The Morgan fingerprint density at radius 1 is 1.16 bits per heavy atom. The van der Waals surface area contributed by atoms with Gasteiger partial charge >= 0.3 is 5.97 Å². The fourth-order valence-corrected chi connectivity index (χ4v) is 3.75. The van der Waals surface area contributed by atoms with E-state index in [1.54, 1.807) is 12.1 Å². The van der Waals surface area contributed by atoms with E-state index in [2.05, 4.69) is 29.0 Å². The largest absolute Gasteiger partial charge is 0.490 e. The highest BCUT2D eigenvalue weighted by Gasteiger charge is 2.13. The van der Waals surface area contributed by atoms with Gasteiger partial charge in [0, 0.05) is 17.5 Å². The minimum atomic E-state index is -0.777. The molecule has 0 fully saturated rings. The molecule has 0 bridgehead atoms. The highest BCUT2D eigenvalue weighted by molar-refractivity contribution is 5.72. The van der Waals surface area contributed by atoms with E-state index in [0.717, 1.165) is 34.5 Å². The molecule has 1 heterocycles. The van der Waals surface area contributed by atoms with E-state index < -0.39 is 5.97 Å². The van der Waals surface area contributed by atoms with Gasteiger partial charge < -0.3 is 9.84 Å². The number of ether oxygens (including phenoxy) is 1. The molecule has 0 radical (unpaired) electrons. The van der Waals surface area contributed by atoms with Gasteiger partial charge in [0.15, 0.2) is 0 Å². The molecule has 1 aromatic heterocycles. The van der Waals surface area contributed by atoms with E-state index in [1.807, 2.05) is 38.1 Å². The molecule has 6 heteroatoms. The van der Waals surface area contributed by atoms with E-state index in [0.29, 0.717) is 24.2 Å². The molecule has 0 spiro atoms. The zero-order valence-electron chi connectivity index (χ0n) is 18.6. The van der Waals surface area contributed by atoms with Gasteiger partial charge in [-0.05, 0) is 68.5 Å². The summed E-state index contributed by atoms with van der Waals surface area (Å²) < 4.78 is 5.72. The molecule has 0 saturated heterocycles. The Balaban J connectivity index is 1.96. The van der Waals surface area contributed by atoms with E-state index in [4.69, 9.17) is 9.84 Å². The van der Waals surface area contributed by atoms with Gasteiger partial charge in [0.25, 0.3) is 0 Å². The molecule has 0 saturated carbocycles. The Hall–Kier alpha value is -3.72. The molecule has 0 aliphatic rings. The number of nitrogens with zero attached hydrogens (tertiary/aromatic N) is 3. The fourth-order valence-electron chi connectivity index (χ4n) is 3.75. The van der Waals surface area contributed by atoms with E-state index in [1.165, 1.54) is 11.9 Å². The van der Waals surface area contributed by atoms with Crippen molar-refractivity contribution in [1.29, 1.82) is 5.26 Å². The Morgan fingerprint density at radius 2 is 1.94 bits per heavy atom. The molecular weight excluding hydrogens is 402 g/mol. The number of aromatic nitrogens is 2. The first-order valence-corrected chi connectivity index (χ1v) is 10.8. The second kappa shape index (κ2) is 10.5. The fraction of sp³-hybridized carbons (Fsp3) is 0.308. The van der Waals surface area contributed by atoms with Crippen LogP contribution in [0.3, 0.4) is 0 Å². The number of carbonyl (C=O) groups is 1. The molecule has 0 aliphatic heterocycles. The molecule has 32 heavy (non-hydrogen) atoms. The average Bonchev–Trinajstić information content (AvgIpc) is 2.78. The lowest BCUT2D eigenvalue weighted by molar-refractivity contribution is -0.137. The van der Waals surface area contributed by atoms with Crippen LogP contribution in [0, 0.1) is 11.3 Å². The first-order chi connectivity index (χ1) is 15.4. The SMILES string of the molecule is CCc1c(CCCC(=O)O)cccc1-c1cc(-c2ccc(OC(C)C)c(C#N)c2)ncn1. The maximum absolute atomic E-state index is 10.9. The topological polar surface area (TPSA) is 96.1 Å². The van der Waals surface area contributed by atoms with E-state index >= 15 is 0 Å². The summed E-state index contributed by atoms with van der Waals surface area (Å²) in [7, 11) is 0. The molecule has 0 aliphatic carbocycles. The monoisotopic (exact) mass is 429 g/mol. The van der Waals surface area contributed by atoms with Gasteiger partial charge in [-0.1, -0.05) is 25.1 Å². The molecule has 6 nitrogen and oxygen atoms in total. The second-order valence-corrected chi connectivity index (χ2v) is 7.82. The third-order valence-electron chi connectivity index (χ3n) is 5.16. The van der Waals surface area contributed by atoms with Crippen molar-refractivity contribution in [3.63, 3.8) is 0 Å². The van der Waals surface area contributed by atoms with Gasteiger partial charge in [0.05, 0.1) is 23.1 Å². The highest BCUT2D eigenvalue weighted by atomic mass is 16.5. The summed E-state index contributed by atoms with van der Waals surface area (Å²) >= 11 is 0. The van der Waals surface area contributed by atoms with Crippen molar-refractivity contribution < 1.29 is 14.6 Å². The van der Waals surface area contributed by atoms with Crippen LogP contribution in [-0.4, -0.2) is 27.1 Å². The normalized spacial score (nSPS) is 10.7. The minimum absolute atomic E-state index is 0.0196. The number of rotatable bonds is 9. The van der Waals surface area contributed by atoms with Gasteiger partial charge in [-0.2, -0.15) is 5.26 Å². The van der Waals surface area contributed by atoms with Gasteiger partial charge in [0.2, 0.25) is 0 Å². The number of nitriles is 1. The van der Waals surface area contributed by atoms with Crippen LogP contribution in [0.25, 0.3) is 22.5 Å². The predicted octanol–water partition coefficient (Wildman–Crippen LogP) is 5.44. The number of carboxylic acids is 1. The molecular formula is C26H27N3O3. The van der Waals surface area contributed by atoms with Crippen LogP contribution in [0.15, 0.2) is 48.8 Å². The van der Waals surface area contributed by atoms with Crippen molar-refractivity contribution in [2.45, 2.75) is 52.6 Å². The Kier molecular flexibility index (Phi) is 7.56. The smallest absolute Gasteiger partial charge is 0.303 e. The van der Waals surface area contributed by atoms with Crippen molar-refractivity contribution >= 4 is 5.97 Å². The van der Waals surface area contributed by atoms with E-state index in [9.17, 15) is 10.1 Å². The van der Waals surface area contributed by atoms with Crippen LogP contribution in [0.5, 0.6) is 5.75 Å². The molecule has 164 valence electrons. The summed E-state index contributed by atoms with van der Waals surface area (Å²) in [6.45, 7) is 5.94. The molecule has 0 amide bonds. The summed E-state index contributed by atoms with van der Waals surface area (Å²) in [5, 5.41) is 18.5. The molecule has 0 unspecified atom stereocenters. The number of hydrogen-bond donors (Lipinski definition) is 1. The summed E-state index contributed by atoms with van der Waals surface area (Å²) in [6.07, 6.45) is 3.80. The van der Waals surface area contributed by atoms with Crippen LogP contribution in [-0.2, 0) is 17.6 Å². The third-order valence-corrected chi connectivity index (χ3v) is 5.16. The summed E-state index contributed by atoms with van der Waals surface area (Å²) in [5.41, 5.74) is 6.13. The van der Waals surface area contributed by atoms with Gasteiger partial charge in [-0.3, -0.25) is 4.79 Å². The number of aryl methyl sites for hydroxylation is 1. The first-order valence-electron chi connectivity index (χ1n) is 10.8. The zero-order chi connectivity index (χ0) is 23.1. The molecule has 3 aromatic rings. The lowest BCUT2D eigenvalue weighted by Gasteiger charge is -2.14. The van der Waals surface area contributed by atoms with Crippen molar-refractivity contribution in [3.05, 3.63) is 65.5 Å². The number of hydrogen-bond acceptors (Lipinski definition) is 5. The maximum Gasteiger partial charge on any atom is 0.303 e. The lowest BCUT2D eigenvalue weighted by Crippen LogP contribution is -2.06. The van der Waals surface area contributed by atoms with Crippen molar-refractivity contribution in [3.8, 4) is 34.3 Å². The van der Waals surface area contributed by atoms with Gasteiger partial charge in [-0.25, -0.2) is 9.97 Å². The van der Waals surface area contributed by atoms with Crippen LogP contribution in [0.2, 0.25) is 0 Å². The average molecular weight is 430 g/mol. The first kappa shape index (κ1) is 23.0. The van der Waals surface area contributed by atoms with Gasteiger partial charge in [-0.15, -0.1) is 0 Å². The van der Waals surface area contributed by atoms with E-state index in [-0.39, 0.29) is 12.5 Å². The quantitative estimate of drug-likeness (QED) is 0.487. The highest BCUT2D eigenvalue weighted by Crippen LogP contribution is 2.30. The standard InChI is InChI=1S/C26H27N3O3/c1-4-21-18(8-6-10-26(30)31)7-5-9-22(21)24-14-23(28-16-29-24)19-11-12-25(32-17(2)3)20(13-19)15-27/h5,7,9,11-14,16-17H,4,6,8,10H2,1-3H3,(H,30,31). The van der Waals surface area contributed by atoms with Gasteiger partial charge in [0.1, 0.15) is 18.1 Å². The van der Waals surface area contributed by atoms with Crippen LogP contribution in [0.1, 0.15) is 50.3 Å². The Labute approximate surface area is 188 Å². The van der Waals surface area contributed by atoms with Crippen molar-refractivity contribution in [2.75, 3.05) is 0 Å². The number of aliphatic carboxylic acids is 1. The molecule has 2 aromatic carbocycles. The Morgan fingerprint density at radius 3 is 2.62 bits per heavy atom. The number of carboxylic acid groups (broad SMARTS) is 1. The summed E-state index contributed by atoms with van der Waals surface area (Å²) in [5.74, 6) is -0.218. The molecule has 1 N–H and O–H groups in total. The maximum atomic E-state index is 10.9. The predicted molar refractivity (Wildman–Crippen MR) is 123 cm³/mol. The zero-order valence-corrected chi connectivity index (χ0v) is 18.6. The van der Waals surface area contributed by atoms with Crippen molar-refractivity contribution in [1.82, 2.24) is 9.97 Å². The lowest BCUT2D eigenvalue weighted by atomic mass is 9.93. The Bertz CT molecular complexity index is 1150. The van der Waals surface area contributed by atoms with Crippen LogP contribution >= 0.6 is 0 Å². The van der Waals surface area contributed by atoms with Crippen LogP contribution in [0.4, 0.5) is 0 Å². The summed E-state index contributed by atoms with van der Waals surface area (Å²) in [6, 6.07) is 15.7. The number of benzene rings is 2. The molecule has 0 atom stereocenters.